The lowest BCUT2D eigenvalue weighted by molar-refractivity contribution is 0.0956. The van der Waals surface area contributed by atoms with Gasteiger partial charge in [-0.15, -0.1) is 0 Å². The van der Waals surface area contributed by atoms with E-state index >= 15 is 0 Å². The van der Waals surface area contributed by atoms with Crippen LogP contribution in [0, 0.1) is 5.82 Å². The highest BCUT2D eigenvalue weighted by atomic mass is 19.1. The molecule has 0 bridgehead atoms. The predicted octanol–water partition coefficient (Wildman–Crippen LogP) is 6.81. The van der Waals surface area contributed by atoms with Crippen LogP contribution in [0.15, 0.2) is 120 Å². The Morgan fingerprint density at radius 1 is 0.868 bits per heavy atom. The molecule has 0 aliphatic rings. The molecule has 0 aliphatic carbocycles. The van der Waals surface area contributed by atoms with E-state index in [4.69, 9.17) is 4.98 Å². The van der Waals surface area contributed by atoms with Gasteiger partial charge in [0.25, 0.3) is 5.91 Å². The highest BCUT2D eigenvalue weighted by molar-refractivity contribution is 6.07. The van der Waals surface area contributed by atoms with E-state index in [1.807, 2.05) is 95.7 Å². The van der Waals surface area contributed by atoms with Gasteiger partial charge in [-0.1, -0.05) is 84.9 Å². The van der Waals surface area contributed by atoms with Gasteiger partial charge in [0.05, 0.1) is 29.5 Å². The molecule has 2 heterocycles. The van der Waals surface area contributed by atoms with Crippen molar-refractivity contribution in [2.75, 3.05) is 0 Å². The standard InChI is InChI=1S/C32H23FN4O/c33-28-15-7-4-12-23(28)20-37-21-24(25-13-6-9-17-31(25)37)19-34-36-32(38)27-18-30(22-10-2-1-3-11-22)35-29-16-8-5-14-26(27)29/h1-19,21H,20H2,(H,36,38)/b34-19-. The number of hydrazone groups is 1. The Kier molecular flexibility index (Phi) is 6.20. The fourth-order valence-corrected chi connectivity index (χ4v) is 4.66. The molecule has 5 nitrogen and oxygen atoms in total. The Labute approximate surface area is 218 Å². The Morgan fingerprint density at radius 2 is 1.58 bits per heavy atom. The first-order valence-corrected chi connectivity index (χ1v) is 12.3. The van der Waals surface area contributed by atoms with Crippen LogP contribution >= 0.6 is 0 Å². The van der Waals surface area contributed by atoms with Gasteiger partial charge in [0.15, 0.2) is 0 Å². The summed E-state index contributed by atoms with van der Waals surface area (Å²) in [5.41, 5.74) is 7.94. The van der Waals surface area contributed by atoms with Gasteiger partial charge in [0, 0.05) is 39.2 Å². The zero-order valence-electron chi connectivity index (χ0n) is 20.4. The van der Waals surface area contributed by atoms with Crippen molar-refractivity contribution < 1.29 is 9.18 Å². The number of hydrogen-bond donors (Lipinski definition) is 1. The second kappa shape index (κ2) is 10.1. The first-order chi connectivity index (χ1) is 18.7. The smallest absolute Gasteiger partial charge is 0.272 e. The molecule has 0 atom stereocenters. The molecule has 38 heavy (non-hydrogen) atoms. The highest BCUT2D eigenvalue weighted by Crippen LogP contribution is 2.25. The lowest BCUT2D eigenvalue weighted by atomic mass is 10.0. The summed E-state index contributed by atoms with van der Waals surface area (Å²) < 4.78 is 16.3. The summed E-state index contributed by atoms with van der Waals surface area (Å²) >= 11 is 0. The SMILES string of the molecule is O=C(N/N=C\c1cn(Cc2ccccc2F)c2ccccc12)c1cc(-c2ccccc2)nc2ccccc12. The van der Waals surface area contributed by atoms with Crippen molar-refractivity contribution in [1.82, 2.24) is 15.0 Å². The van der Waals surface area contributed by atoms with Crippen molar-refractivity contribution in [3.63, 3.8) is 0 Å². The zero-order chi connectivity index (χ0) is 25.9. The van der Waals surface area contributed by atoms with Crippen LogP contribution in [0.5, 0.6) is 0 Å². The maximum absolute atomic E-state index is 14.3. The molecule has 0 unspecified atom stereocenters. The van der Waals surface area contributed by atoms with Crippen molar-refractivity contribution in [1.29, 1.82) is 0 Å². The molecule has 0 fully saturated rings. The molecular weight excluding hydrogens is 475 g/mol. The fraction of sp³-hybridized carbons (Fsp3) is 0.0312. The summed E-state index contributed by atoms with van der Waals surface area (Å²) in [5, 5.41) is 5.99. The number of carbonyl (C=O) groups is 1. The van der Waals surface area contributed by atoms with E-state index < -0.39 is 0 Å². The lowest BCUT2D eigenvalue weighted by Gasteiger charge is -2.09. The number of fused-ring (bicyclic) bond motifs is 2. The Hall–Kier alpha value is -5.10. The van der Waals surface area contributed by atoms with Gasteiger partial charge in [-0.3, -0.25) is 4.79 Å². The third-order valence-electron chi connectivity index (χ3n) is 6.52. The molecule has 0 spiro atoms. The third-order valence-corrected chi connectivity index (χ3v) is 6.52. The second-order valence-corrected chi connectivity index (χ2v) is 8.96. The molecule has 0 saturated carbocycles. The van der Waals surface area contributed by atoms with E-state index in [0.29, 0.717) is 17.7 Å². The van der Waals surface area contributed by atoms with Gasteiger partial charge < -0.3 is 4.57 Å². The summed E-state index contributed by atoms with van der Waals surface area (Å²) in [7, 11) is 0. The summed E-state index contributed by atoms with van der Waals surface area (Å²) in [6, 6.07) is 33.7. The lowest BCUT2D eigenvalue weighted by Crippen LogP contribution is -2.18. The topological polar surface area (TPSA) is 59.3 Å². The highest BCUT2D eigenvalue weighted by Gasteiger charge is 2.14. The predicted molar refractivity (Wildman–Crippen MR) is 150 cm³/mol. The molecule has 0 radical (unpaired) electrons. The van der Waals surface area contributed by atoms with Gasteiger partial charge in [0.2, 0.25) is 0 Å². The number of nitrogens with one attached hydrogen (secondary N) is 1. The van der Waals surface area contributed by atoms with Gasteiger partial charge >= 0.3 is 0 Å². The normalized spacial score (nSPS) is 11.4. The van der Waals surface area contributed by atoms with E-state index in [9.17, 15) is 9.18 Å². The minimum Gasteiger partial charge on any atom is -0.342 e. The maximum atomic E-state index is 14.3. The molecule has 0 aliphatic heterocycles. The first kappa shape index (κ1) is 23.3. The summed E-state index contributed by atoms with van der Waals surface area (Å²) in [4.78, 5) is 18.0. The molecule has 1 N–H and O–H groups in total. The van der Waals surface area contributed by atoms with Gasteiger partial charge in [-0.25, -0.2) is 14.8 Å². The number of carbonyl (C=O) groups excluding carboxylic acids is 1. The van der Waals surface area contributed by atoms with Crippen molar-refractivity contribution in [2.45, 2.75) is 6.54 Å². The first-order valence-electron chi connectivity index (χ1n) is 12.3. The number of hydrogen-bond acceptors (Lipinski definition) is 3. The van der Waals surface area contributed by atoms with Crippen molar-refractivity contribution in [2.24, 2.45) is 5.10 Å². The quantitative estimate of drug-likeness (QED) is 0.203. The average Bonchev–Trinajstić information content (AvgIpc) is 3.31. The summed E-state index contributed by atoms with van der Waals surface area (Å²) in [6.07, 6.45) is 3.54. The van der Waals surface area contributed by atoms with Crippen LogP contribution in [0.3, 0.4) is 0 Å². The molecule has 0 saturated heterocycles. The number of nitrogens with zero attached hydrogens (tertiary/aromatic N) is 3. The third kappa shape index (κ3) is 4.55. The van der Waals surface area contributed by atoms with E-state index in [-0.39, 0.29) is 11.7 Å². The Morgan fingerprint density at radius 3 is 2.42 bits per heavy atom. The van der Waals surface area contributed by atoms with Gasteiger partial charge in [0.1, 0.15) is 5.82 Å². The minimum absolute atomic E-state index is 0.243. The summed E-state index contributed by atoms with van der Waals surface area (Å²) in [6.45, 7) is 0.388. The number of para-hydroxylation sites is 2. The number of amides is 1. The molecule has 1 amide bonds. The monoisotopic (exact) mass is 498 g/mol. The largest absolute Gasteiger partial charge is 0.342 e. The van der Waals surface area contributed by atoms with Crippen LogP contribution < -0.4 is 5.43 Å². The van der Waals surface area contributed by atoms with E-state index in [1.54, 1.807) is 24.4 Å². The molecule has 184 valence electrons. The molecule has 2 aromatic heterocycles. The van der Waals surface area contributed by atoms with Crippen LogP contribution in [-0.4, -0.2) is 21.7 Å². The van der Waals surface area contributed by atoms with Crippen LogP contribution in [0.2, 0.25) is 0 Å². The van der Waals surface area contributed by atoms with Gasteiger partial charge in [-0.2, -0.15) is 5.10 Å². The number of rotatable bonds is 6. The summed E-state index contributed by atoms with van der Waals surface area (Å²) in [5.74, 6) is -0.570. The van der Waals surface area contributed by atoms with Crippen molar-refractivity contribution in [3.05, 3.63) is 138 Å². The van der Waals surface area contributed by atoms with E-state index in [0.717, 1.165) is 38.6 Å². The van der Waals surface area contributed by atoms with Crippen molar-refractivity contribution in [3.8, 4) is 11.3 Å². The molecule has 4 aromatic carbocycles. The zero-order valence-corrected chi connectivity index (χ0v) is 20.4. The van der Waals surface area contributed by atoms with Crippen LogP contribution in [0.1, 0.15) is 21.5 Å². The Balaban J connectivity index is 1.30. The van der Waals surface area contributed by atoms with Crippen molar-refractivity contribution >= 4 is 33.9 Å². The van der Waals surface area contributed by atoms with Crippen LogP contribution in [0.25, 0.3) is 33.1 Å². The fourth-order valence-electron chi connectivity index (χ4n) is 4.66. The maximum Gasteiger partial charge on any atom is 0.272 e. The number of aromatic nitrogens is 2. The molecule has 6 aromatic rings. The van der Waals surface area contributed by atoms with E-state index in [2.05, 4.69) is 10.5 Å². The molecule has 6 rings (SSSR count). The van der Waals surface area contributed by atoms with Crippen LogP contribution in [0.4, 0.5) is 4.39 Å². The average molecular weight is 499 g/mol. The van der Waals surface area contributed by atoms with E-state index in [1.165, 1.54) is 6.07 Å². The number of halogens is 1. The van der Waals surface area contributed by atoms with Gasteiger partial charge in [-0.05, 0) is 24.3 Å². The Bertz CT molecular complexity index is 1810. The van der Waals surface area contributed by atoms with Crippen LogP contribution in [-0.2, 0) is 6.54 Å². The number of benzene rings is 4. The minimum atomic E-state index is -0.327. The second-order valence-electron chi connectivity index (χ2n) is 8.96. The molecule has 6 heteroatoms. The molecular formula is C32H23FN4O. The number of pyridine rings is 1.